The molecule has 12 heteroatoms. The molecule has 1 saturated heterocycles. The Morgan fingerprint density at radius 3 is 2.94 bits per heavy atom. The van der Waals surface area contributed by atoms with E-state index < -0.39 is 24.0 Å². The molecule has 1 aliphatic rings. The predicted molar refractivity (Wildman–Crippen MR) is 118 cm³/mol. The molecule has 0 aliphatic carbocycles. The van der Waals surface area contributed by atoms with Crippen LogP contribution in [0.4, 0.5) is 10.1 Å². The molecule has 1 atom stereocenters. The maximum atomic E-state index is 13.3. The fourth-order valence-corrected chi connectivity index (χ4v) is 4.81. The smallest absolute Gasteiger partial charge is 0.352 e. The molecule has 9 nitrogen and oxygen atoms in total. The Morgan fingerprint density at radius 1 is 1.34 bits per heavy atom. The second-order valence-corrected chi connectivity index (χ2v) is 8.76. The first-order valence-corrected chi connectivity index (χ1v) is 11.1. The highest BCUT2D eigenvalue weighted by Gasteiger charge is 2.23. The number of nitrogens with one attached hydrogen (secondary N) is 1. The van der Waals surface area contributed by atoms with E-state index in [1.807, 2.05) is 0 Å². The Kier molecular flexibility index (Phi) is 5.31. The lowest BCUT2D eigenvalue weighted by molar-refractivity contribution is -0.117. The zero-order valence-electron chi connectivity index (χ0n) is 16.6. The summed E-state index contributed by atoms with van der Waals surface area (Å²) in [5.41, 5.74) is -0.0633. The maximum absolute atomic E-state index is 13.3. The highest BCUT2D eigenvalue weighted by atomic mass is 35.5. The highest BCUT2D eigenvalue weighted by Crippen LogP contribution is 2.21. The summed E-state index contributed by atoms with van der Waals surface area (Å²) >= 11 is 6.99. The Morgan fingerprint density at radius 2 is 2.19 bits per heavy atom. The highest BCUT2D eigenvalue weighted by molar-refractivity contribution is 7.17. The van der Waals surface area contributed by atoms with E-state index in [4.69, 9.17) is 16.3 Å². The summed E-state index contributed by atoms with van der Waals surface area (Å²) in [6.45, 7) is 0.508. The standard InChI is InChI=1S/C20H17ClFN5O4S/c21-13-8-11(3-4-14(13)22)23-16(28)10-26-20(30)27-15-5-7-32-17(15)18(29)25(19(27)24-26)9-12-2-1-6-31-12/h3-5,7-8,12H,1-2,6,9-10H2,(H,23,28)/t12-/m0/s1. The summed E-state index contributed by atoms with van der Waals surface area (Å²) in [4.78, 5) is 38.7. The molecule has 0 saturated carbocycles. The van der Waals surface area contributed by atoms with Gasteiger partial charge in [0.1, 0.15) is 17.1 Å². The molecule has 32 heavy (non-hydrogen) atoms. The van der Waals surface area contributed by atoms with Crippen molar-refractivity contribution in [3.63, 3.8) is 0 Å². The molecule has 0 spiro atoms. The van der Waals surface area contributed by atoms with Crippen molar-refractivity contribution in [3.8, 4) is 0 Å². The summed E-state index contributed by atoms with van der Waals surface area (Å²) in [6, 6.07) is 5.44. The van der Waals surface area contributed by atoms with Gasteiger partial charge in [0.25, 0.3) is 5.56 Å². The van der Waals surface area contributed by atoms with Crippen LogP contribution < -0.4 is 16.6 Å². The second-order valence-electron chi connectivity index (χ2n) is 7.44. The summed E-state index contributed by atoms with van der Waals surface area (Å²) < 4.78 is 23.2. The summed E-state index contributed by atoms with van der Waals surface area (Å²) in [6.07, 6.45) is 1.58. The van der Waals surface area contributed by atoms with E-state index in [-0.39, 0.29) is 34.7 Å². The molecule has 4 aromatic rings. The quantitative estimate of drug-likeness (QED) is 0.476. The molecule has 1 aromatic carbocycles. The van der Waals surface area contributed by atoms with E-state index >= 15 is 0 Å². The van der Waals surface area contributed by atoms with E-state index in [0.29, 0.717) is 16.8 Å². The molecular formula is C20H17ClFN5O4S. The lowest BCUT2D eigenvalue weighted by Gasteiger charge is -2.12. The molecule has 1 N–H and O–H groups in total. The van der Waals surface area contributed by atoms with Gasteiger partial charge in [-0.05, 0) is 42.5 Å². The number of fused-ring (bicyclic) bond motifs is 3. The number of carbonyl (C=O) groups excluding carboxylic acids is 1. The number of hydrogen-bond acceptors (Lipinski definition) is 6. The molecule has 4 heterocycles. The molecule has 5 rings (SSSR count). The first-order chi connectivity index (χ1) is 15.4. The molecule has 166 valence electrons. The van der Waals surface area contributed by atoms with Crippen LogP contribution in [0.2, 0.25) is 5.02 Å². The largest absolute Gasteiger partial charge is 0.376 e. The Balaban J connectivity index is 1.53. The number of aromatic nitrogens is 4. The zero-order valence-corrected chi connectivity index (χ0v) is 18.2. The van der Waals surface area contributed by atoms with Crippen molar-refractivity contribution in [1.82, 2.24) is 18.7 Å². The number of hydrogen-bond donors (Lipinski definition) is 1. The minimum atomic E-state index is -0.606. The minimum Gasteiger partial charge on any atom is -0.376 e. The average molecular weight is 478 g/mol. The minimum absolute atomic E-state index is 0.134. The second kappa shape index (κ2) is 8.15. The van der Waals surface area contributed by atoms with Crippen molar-refractivity contribution < 1.29 is 13.9 Å². The number of carbonyl (C=O) groups is 1. The van der Waals surface area contributed by atoms with Gasteiger partial charge in [-0.2, -0.15) is 0 Å². The third-order valence-electron chi connectivity index (χ3n) is 5.30. The van der Waals surface area contributed by atoms with Crippen LogP contribution in [0.3, 0.4) is 0 Å². The van der Waals surface area contributed by atoms with Crippen LogP contribution >= 0.6 is 22.9 Å². The third-order valence-corrected chi connectivity index (χ3v) is 6.48. The number of anilines is 1. The van der Waals surface area contributed by atoms with Crippen LogP contribution in [-0.4, -0.2) is 37.4 Å². The molecule has 1 amide bonds. The fraction of sp³-hybridized carbons (Fsp3) is 0.300. The molecule has 0 bridgehead atoms. The van der Waals surface area contributed by atoms with Crippen LogP contribution in [-0.2, 0) is 22.6 Å². The van der Waals surface area contributed by atoms with Gasteiger partial charge in [-0.3, -0.25) is 14.2 Å². The van der Waals surface area contributed by atoms with Gasteiger partial charge in [0.15, 0.2) is 0 Å². The Hall–Kier alpha value is -3.02. The lowest BCUT2D eigenvalue weighted by atomic mass is 10.2. The van der Waals surface area contributed by atoms with E-state index in [0.717, 1.165) is 23.6 Å². The topological polar surface area (TPSA) is 99.6 Å². The van der Waals surface area contributed by atoms with Crippen molar-refractivity contribution in [2.45, 2.75) is 32.0 Å². The fourth-order valence-electron chi connectivity index (χ4n) is 3.80. The number of amides is 1. The van der Waals surface area contributed by atoms with Gasteiger partial charge in [-0.25, -0.2) is 18.3 Å². The molecule has 1 fully saturated rings. The summed E-state index contributed by atoms with van der Waals surface area (Å²) in [7, 11) is 0. The van der Waals surface area contributed by atoms with Gasteiger partial charge in [-0.15, -0.1) is 16.4 Å². The van der Waals surface area contributed by atoms with Crippen molar-refractivity contribution >= 4 is 50.5 Å². The van der Waals surface area contributed by atoms with Crippen molar-refractivity contribution in [2.75, 3.05) is 11.9 Å². The van der Waals surface area contributed by atoms with Gasteiger partial charge in [0, 0.05) is 12.3 Å². The van der Waals surface area contributed by atoms with Crippen LogP contribution in [0.15, 0.2) is 39.2 Å². The van der Waals surface area contributed by atoms with Gasteiger partial charge >= 0.3 is 5.69 Å². The molecule has 3 aromatic heterocycles. The summed E-state index contributed by atoms with van der Waals surface area (Å²) in [5, 5.41) is 8.45. The Labute approximate surface area is 188 Å². The van der Waals surface area contributed by atoms with Gasteiger partial charge in [0.05, 0.1) is 23.2 Å². The van der Waals surface area contributed by atoms with E-state index in [1.54, 1.807) is 11.4 Å². The van der Waals surface area contributed by atoms with Crippen LogP contribution in [0.25, 0.3) is 16.0 Å². The van der Waals surface area contributed by atoms with Crippen molar-refractivity contribution in [1.29, 1.82) is 0 Å². The third kappa shape index (κ3) is 3.61. The normalized spacial score (nSPS) is 16.2. The van der Waals surface area contributed by atoms with Gasteiger partial charge in [-0.1, -0.05) is 11.6 Å². The van der Waals surface area contributed by atoms with Gasteiger partial charge < -0.3 is 10.1 Å². The van der Waals surface area contributed by atoms with Crippen molar-refractivity contribution in [3.05, 3.63) is 61.3 Å². The van der Waals surface area contributed by atoms with Crippen molar-refractivity contribution in [2.24, 2.45) is 0 Å². The maximum Gasteiger partial charge on any atom is 0.352 e. The first kappa shape index (κ1) is 20.9. The monoisotopic (exact) mass is 477 g/mol. The number of ether oxygens (including phenoxy) is 1. The molecule has 0 unspecified atom stereocenters. The number of rotatable bonds is 5. The number of thiophene rings is 1. The SMILES string of the molecule is O=C(Cn1nc2n(C[C@@H]3CCCO3)c(=O)c3sccc3n2c1=O)Nc1ccc(F)c(Cl)c1. The van der Waals surface area contributed by atoms with E-state index in [1.165, 1.54) is 32.4 Å². The average Bonchev–Trinajstić information content (AvgIpc) is 3.49. The van der Waals surface area contributed by atoms with Crippen LogP contribution in [0.5, 0.6) is 0 Å². The van der Waals surface area contributed by atoms with E-state index in [2.05, 4.69) is 10.4 Å². The van der Waals surface area contributed by atoms with Crippen LogP contribution in [0, 0.1) is 5.82 Å². The first-order valence-electron chi connectivity index (χ1n) is 9.88. The molecule has 0 radical (unpaired) electrons. The number of benzene rings is 1. The van der Waals surface area contributed by atoms with Crippen LogP contribution in [0.1, 0.15) is 12.8 Å². The predicted octanol–water partition coefficient (Wildman–Crippen LogP) is 2.48. The van der Waals surface area contributed by atoms with E-state index in [9.17, 15) is 18.8 Å². The van der Waals surface area contributed by atoms with Gasteiger partial charge in [0.2, 0.25) is 11.7 Å². The number of halogens is 2. The summed E-state index contributed by atoms with van der Waals surface area (Å²) in [5.74, 6) is -1.00. The molecule has 1 aliphatic heterocycles. The zero-order chi connectivity index (χ0) is 22.4. The Bertz CT molecular complexity index is 1470. The molecular weight excluding hydrogens is 461 g/mol. The number of nitrogens with zero attached hydrogens (tertiary/aromatic N) is 4. The lowest BCUT2D eigenvalue weighted by Crippen LogP contribution is -2.30.